The average molecular weight is 384 g/mol. The van der Waals surface area contributed by atoms with Gasteiger partial charge >= 0.3 is 0 Å². The van der Waals surface area contributed by atoms with Crippen LogP contribution in [0.1, 0.15) is 15.9 Å². The molecular formula is C19H20N4O3S. The molecule has 1 saturated heterocycles. The molecule has 7 nitrogen and oxygen atoms in total. The van der Waals surface area contributed by atoms with E-state index in [2.05, 4.69) is 9.62 Å². The maximum atomic E-state index is 12.5. The summed E-state index contributed by atoms with van der Waals surface area (Å²) in [5.74, 6) is -0.0906. The number of carbonyl (C=O) groups is 1. The lowest BCUT2D eigenvalue weighted by atomic mass is 10.2. The number of sulfonamides is 1. The zero-order chi connectivity index (χ0) is 19.4. The normalized spacial score (nSPS) is 15.2. The van der Waals surface area contributed by atoms with Crippen molar-refractivity contribution < 1.29 is 13.2 Å². The minimum absolute atomic E-state index is 0.0711. The third kappa shape index (κ3) is 4.45. The Labute approximate surface area is 158 Å². The molecule has 1 fully saturated rings. The number of nitrogens with one attached hydrogen (secondary N) is 1. The summed E-state index contributed by atoms with van der Waals surface area (Å²) in [6.07, 6.45) is 0. The number of piperazine rings is 1. The molecule has 0 aromatic heterocycles. The molecule has 8 heteroatoms. The number of nitrogens with zero attached hydrogens (tertiary/aromatic N) is 3. The van der Waals surface area contributed by atoms with Gasteiger partial charge in [-0.15, -0.1) is 0 Å². The second-order valence-corrected chi connectivity index (χ2v) is 8.10. The lowest BCUT2D eigenvalue weighted by Crippen LogP contribution is -2.47. The number of carbonyl (C=O) groups excluding carboxylic acids is 1. The van der Waals surface area contributed by atoms with Gasteiger partial charge < -0.3 is 9.80 Å². The lowest BCUT2D eigenvalue weighted by molar-refractivity contribution is 0.0664. The minimum atomic E-state index is -3.77. The second-order valence-electron chi connectivity index (χ2n) is 6.41. The van der Waals surface area contributed by atoms with E-state index >= 15 is 0 Å². The van der Waals surface area contributed by atoms with E-state index < -0.39 is 10.0 Å². The van der Waals surface area contributed by atoms with Crippen LogP contribution in [0.15, 0.2) is 53.4 Å². The fourth-order valence-corrected chi connectivity index (χ4v) is 3.85. The Morgan fingerprint density at radius 1 is 1.00 bits per heavy atom. The van der Waals surface area contributed by atoms with Crippen molar-refractivity contribution >= 4 is 21.6 Å². The minimum Gasteiger partial charge on any atom is -0.336 e. The summed E-state index contributed by atoms with van der Waals surface area (Å²) in [6, 6.07) is 14.0. The van der Waals surface area contributed by atoms with Crippen molar-refractivity contribution in [3.05, 3.63) is 59.7 Å². The molecule has 0 aliphatic carbocycles. The molecule has 3 rings (SSSR count). The number of nitriles is 1. The predicted molar refractivity (Wildman–Crippen MR) is 102 cm³/mol. The summed E-state index contributed by atoms with van der Waals surface area (Å²) >= 11 is 0. The second kappa shape index (κ2) is 7.78. The summed E-state index contributed by atoms with van der Waals surface area (Å²) in [5, 5.41) is 8.80. The predicted octanol–water partition coefficient (Wildman–Crippen LogP) is 1.75. The first-order valence-electron chi connectivity index (χ1n) is 8.50. The van der Waals surface area contributed by atoms with Crippen molar-refractivity contribution in [1.82, 2.24) is 9.80 Å². The largest absolute Gasteiger partial charge is 0.336 e. The van der Waals surface area contributed by atoms with E-state index in [1.807, 2.05) is 13.1 Å². The van der Waals surface area contributed by atoms with Gasteiger partial charge in [0.2, 0.25) is 0 Å². The van der Waals surface area contributed by atoms with Crippen LogP contribution in [0.3, 0.4) is 0 Å². The van der Waals surface area contributed by atoms with Crippen molar-refractivity contribution in [3.8, 4) is 6.07 Å². The molecule has 2 aromatic rings. The summed E-state index contributed by atoms with van der Waals surface area (Å²) in [4.78, 5) is 16.5. The molecule has 0 radical (unpaired) electrons. The van der Waals surface area contributed by atoms with Gasteiger partial charge in [-0.3, -0.25) is 9.52 Å². The molecule has 27 heavy (non-hydrogen) atoms. The number of likely N-dealkylation sites (N-methyl/N-ethyl adjacent to an activating group) is 1. The molecule has 0 bridgehead atoms. The summed E-state index contributed by atoms with van der Waals surface area (Å²) in [7, 11) is -1.76. The van der Waals surface area contributed by atoms with E-state index in [1.165, 1.54) is 48.5 Å². The Balaban J connectivity index is 1.71. The standard InChI is InChI=1S/C19H20N4O3S/c1-22-10-12-23(13-11-22)19(24)16-4-8-18(9-5-16)27(25,26)21-17-6-2-15(14-20)3-7-17/h2-9,21H,10-13H2,1H3. The van der Waals surface area contributed by atoms with E-state index in [0.717, 1.165) is 13.1 Å². The molecular weight excluding hydrogens is 364 g/mol. The van der Waals surface area contributed by atoms with Crippen LogP contribution in [0.25, 0.3) is 0 Å². The van der Waals surface area contributed by atoms with E-state index in [-0.39, 0.29) is 10.8 Å². The Bertz CT molecular complexity index is 956. The van der Waals surface area contributed by atoms with Gasteiger partial charge in [0.15, 0.2) is 0 Å². The van der Waals surface area contributed by atoms with E-state index in [1.54, 1.807) is 4.90 Å². The monoisotopic (exact) mass is 384 g/mol. The Morgan fingerprint density at radius 3 is 2.15 bits per heavy atom. The molecule has 1 N–H and O–H groups in total. The van der Waals surface area contributed by atoms with Crippen LogP contribution >= 0.6 is 0 Å². The van der Waals surface area contributed by atoms with Gasteiger partial charge in [0.1, 0.15) is 0 Å². The molecule has 0 saturated carbocycles. The van der Waals surface area contributed by atoms with E-state index in [0.29, 0.717) is 29.9 Å². The SMILES string of the molecule is CN1CCN(C(=O)c2ccc(S(=O)(=O)Nc3ccc(C#N)cc3)cc2)CC1. The number of amides is 1. The number of hydrogen-bond acceptors (Lipinski definition) is 5. The van der Waals surface area contributed by atoms with Crippen molar-refractivity contribution in [2.24, 2.45) is 0 Å². The van der Waals surface area contributed by atoms with E-state index in [4.69, 9.17) is 5.26 Å². The fourth-order valence-electron chi connectivity index (χ4n) is 2.80. The van der Waals surface area contributed by atoms with E-state index in [9.17, 15) is 13.2 Å². The number of anilines is 1. The third-order valence-corrected chi connectivity index (χ3v) is 5.87. The highest BCUT2D eigenvalue weighted by molar-refractivity contribution is 7.92. The molecule has 140 valence electrons. The maximum Gasteiger partial charge on any atom is 0.261 e. The molecule has 0 unspecified atom stereocenters. The molecule has 2 aromatic carbocycles. The van der Waals surface area contributed by atoms with Gasteiger partial charge in [0.05, 0.1) is 16.5 Å². The van der Waals surface area contributed by atoms with Crippen molar-refractivity contribution in [2.75, 3.05) is 37.9 Å². The fraction of sp³-hybridized carbons (Fsp3) is 0.263. The number of rotatable bonds is 4. The van der Waals surface area contributed by atoms with Gasteiger partial charge in [-0.25, -0.2) is 8.42 Å². The molecule has 0 spiro atoms. The van der Waals surface area contributed by atoms with Gasteiger partial charge in [0, 0.05) is 37.4 Å². The number of hydrogen-bond donors (Lipinski definition) is 1. The highest BCUT2D eigenvalue weighted by Gasteiger charge is 2.21. The lowest BCUT2D eigenvalue weighted by Gasteiger charge is -2.32. The van der Waals surface area contributed by atoms with Crippen LogP contribution in [-0.2, 0) is 10.0 Å². The zero-order valence-corrected chi connectivity index (χ0v) is 15.7. The van der Waals surface area contributed by atoms with Crippen molar-refractivity contribution in [2.45, 2.75) is 4.90 Å². The summed E-state index contributed by atoms with van der Waals surface area (Å²) in [5.41, 5.74) is 1.29. The van der Waals surface area contributed by atoms with Crippen LogP contribution in [0.4, 0.5) is 5.69 Å². The van der Waals surface area contributed by atoms with Crippen LogP contribution in [0.5, 0.6) is 0 Å². The zero-order valence-electron chi connectivity index (χ0n) is 14.9. The quantitative estimate of drug-likeness (QED) is 0.867. The maximum absolute atomic E-state index is 12.5. The first-order valence-corrected chi connectivity index (χ1v) is 9.98. The Kier molecular flexibility index (Phi) is 5.44. The molecule has 1 heterocycles. The first kappa shape index (κ1) is 18.9. The molecule has 1 amide bonds. The highest BCUT2D eigenvalue weighted by Crippen LogP contribution is 2.18. The van der Waals surface area contributed by atoms with Crippen molar-refractivity contribution in [1.29, 1.82) is 5.26 Å². The van der Waals surface area contributed by atoms with Gasteiger partial charge in [0.25, 0.3) is 15.9 Å². The first-order chi connectivity index (χ1) is 12.9. The van der Waals surface area contributed by atoms with Gasteiger partial charge in [-0.05, 0) is 55.6 Å². The van der Waals surface area contributed by atoms with Crippen LogP contribution < -0.4 is 4.72 Å². The number of benzene rings is 2. The topological polar surface area (TPSA) is 93.5 Å². The van der Waals surface area contributed by atoms with Crippen LogP contribution in [0, 0.1) is 11.3 Å². The smallest absolute Gasteiger partial charge is 0.261 e. The van der Waals surface area contributed by atoms with Crippen LogP contribution in [0.2, 0.25) is 0 Å². The highest BCUT2D eigenvalue weighted by atomic mass is 32.2. The Morgan fingerprint density at radius 2 is 1.59 bits per heavy atom. The molecule has 1 aliphatic heterocycles. The van der Waals surface area contributed by atoms with Crippen molar-refractivity contribution in [3.63, 3.8) is 0 Å². The summed E-state index contributed by atoms with van der Waals surface area (Å²) < 4.78 is 27.5. The Hall–Kier alpha value is -2.89. The third-order valence-electron chi connectivity index (χ3n) is 4.47. The van der Waals surface area contributed by atoms with Gasteiger partial charge in [-0.2, -0.15) is 5.26 Å². The average Bonchev–Trinajstić information content (AvgIpc) is 2.68. The van der Waals surface area contributed by atoms with Crippen LogP contribution in [-0.4, -0.2) is 57.4 Å². The molecule has 1 aliphatic rings. The summed E-state index contributed by atoms with van der Waals surface area (Å²) in [6.45, 7) is 2.98. The van der Waals surface area contributed by atoms with Gasteiger partial charge in [-0.1, -0.05) is 0 Å². The molecule has 0 atom stereocenters.